The summed E-state index contributed by atoms with van der Waals surface area (Å²) in [5.41, 5.74) is 0.918. The van der Waals surface area contributed by atoms with Gasteiger partial charge in [-0.3, -0.25) is 4.57 Å². The van der Waals surface area contributed by atoms with E-state index in [-0.39, 0.29) is 0 Å². The second-order valence-electron chi connectivity index (χ2n) is 4.19. The zero-order chi connectivity index (χ0) is 12.5. The average Bonchev–Trinajstić information content (AvgIpc) is 2.96. The minimum atomic E-state index is 0.612. The van der Waals surface area contributed by atoms with Gasteiger partial charge in [-0.2, -0.15) is 14.6 Å². The summed E-state index contributed by atoms with van der Waals surface area (Å²) < 4.78 is 3.77. The fourth-order valence-corrected chi connectivity index (χ4v) is 2.03. The van der Waals surface area contributed by atoms with Crippen LogP contribution in [-0.2, 0) is 6.42 Å². The van der Waals surface area contributed by atoms with Crippen LogP contribution in [0.25, 0.3) is 11.6 Å². The lowest BCUT2D eigenvalue weighted by atomic mass is 10.3. The summed E-state index contributed by atoms with van der Waals surface area (Å²) in [7, 11) is 0. The molecule has 6 nitrogen and oxygen atoms in total. The molecule has 3 aromatic rings. The van der Waals surface area contributed by atoms with E-state index in [1.165, 1.54) is 6.33 Å². The van der Waals surface area contributed by atoms with Crippen LogP contribution in [-0.4, -0.2) is 29.1 Å². The van der Waals surface area contributed by atoms with E-state index in [0.29, 0.717) is 5.78 Å². The highest BCUT2D eigenvalue weighted by Gasteiger charge is 2.10. The Labute approximate surface area is 104 Å². The van der Waals surface area contributed by atoms with Gasteiger partial charge in [0.25, 0.3) is 5.78 Å². The van der Waals surface area contributed by atoms with E-state index in [9.17, 15) is 0 Å². The van der Waals surface area contributed by atoms with Gasteiger partial charge < -0.3 is 0 Å². The third-order valence-electron chi connectivity index (χ3n) is 2.80. The van der Waals surface area contributed by atoms with Gasteiger partial charge in [0.1, 0.15) is 18.0 Å². The van der Waals surface area contributed by atoms with Crippen LogP contribution in [0.5, 0.6) is 0 Å². The molecule has 18 heavy (non-hydrogen) atoms. The molecule has 0 aromatic carbocycles. The highest BCUT2D eigenvalue weighted by atomic mass is 15.4. The summed E-state index contributed by atoms with van der Waals surface area (Å²) in [5, 5.41) is 4.21. The van der Waals surface area contributed by atoms with E-state index < -0.39 is 0 Å². The Bertz CT molecular complexity index is 681. The second-order valence-corrected chi connectivity index (χ2v) is 4.19. The Balaban J connectivity index is 2.24. The molecule has 3 heterocycles. The van der Waals surface area contributed by atoms with Gasteiger partial charge in [0.15, 0.2) is 0 Å². The van der Waals surface area contributed by atoms with Gasteiger partial charge in [0.2, 0.25) is 0 Å². The topological polar surface area (TPSA) is 60.9 Å². The number of nitrogens with zero attached hydrogens (tertiary/aromatic N) is 6. The van der Waals surface area contributed by atoms with E-state index in [4.69, 9.17) is 0 Å². The molecule has 6 heteroatoms. The van der Waals surface area contributed by atoms with Crippen LogP contribution >= 0.6 is 0 Å². The van der Waals surface area contributed by atoms with E-state index in [0.717, 1.165) is 30.2 Å². The van der Waals surface area contributed by atoms with Crippen molar-refractivity contribution in [2.75, 3.05) is 0 Å². The number of hydrogen-bond acceptors (Lipinski definition) is 4. The Morgan fingerprint density at radius 3 is 3.00 bits per heavy atom. The van der Waals surface area contributed by atoms with Crippen molar-refractivity contribution in [3.8, 4) is 5.82 Å². The predicted octanol–water partition coefficient (Wildman–Crippen LogP) is 1.57. The molecule has 0 saturated heterocycles. The highest BCUT2D eigenvalue weighted by molar-refractivity contribution is 5.38. The van der Waals surface area contributed by atoms with Crippen molar-refractivity contribution >= 4 is 5.78 Å². The molecule has 0 fully saturated rings. The molecule has 0 aliphatic carbocycles. The molecule has 0 aliphatic heterocycles. The van der Waals surface area contributed by atoms with Crippen molar-refractivity contribution in [3.05, 3.63) is 36.3 Å². The maximum absolute atomic E-state index is 4.38. The van der Waals surface area contributed by atoms with Gasteiger partial charge in [-0.05, 0) is 13.3 Å². The molecular formula is C12H14N6. The summed E-state index contributed by atoms with van der Waals surface area (Å²) in [6, 6.07) is 1.99. The first-order chi connectivity index (χ1) is 8.79. The van der Waals surface area contributed by atoms with Crippen LogP contribution in [0.1, 0.15) is 24.9 Å². The number of imidazole rings is 1. The lowest BCUT2D eigenvalue weighted by Crippen LogP contribution is -2.08. The molecular weight excluding hydrogens is 228 g/mol. The second kappa shape index (κ2) is 4.21. The van der Waals surface area contributed by atoms with Crippen molar-refractivity contribution in [1.29, 1.82) is 0 Å². The number of fused-ring (bicyclic) bond motifs is 1. The number of aryl methyl sites for hydroxylation is 2. The Kier molecular flexibility index (Phi) is 2.55. The standard InChI is InChI=1S/C12H14N6/c1-3-4-10-13-5-6-17(10)11-7-9(2)16-12-14-8-15-18(11)12/h5-8H,3-4H2,1-2H3. The van der Waals surface area contributed by atoms with Crippen LogP contribution in [0.4, 0.5) is 0 Å². The Hall–Kier alpha value is -2.24. The van der Waals surface area contributed by atoms with Gasteiger partial charge >= 0.3 is 0 Å². The minimum Gasteiger partial charge on any atom is -0.288 e. The fourth-order valence-electron chi connectivity index (χ4n) is 2.03. The monoisotopic (exact) mass is 242 g/mol. The molecule has 0 radical (unpaired) electrons. The fraction of sp³-hybridized carbons (Fsp3) is 0.333. The van der Waals surface area contributed by atoms with Crippen molar-refractivity contribution in [3.63, 3.8) is 0 Å². The molecule has 0 amide bonds. The minimum absolute atomic E-state index is 0.612. The van der Waals surface area contributed by atoms with Crippen LogP contribution in [0.2, 0.25) is 0 Å². The van der Waals surface area contributed by atoms with Gasteiger partial charge in [-0.15, -0.1) is 0 Å². The van der Waals surface area contributed by atoms with Gasteiger partial charge in [0, 0.05) is 30.6 Å². The first-order valence-electron chi connectivity index (χ1n) is 5.99. The highest BCUT2D eigenvalue weighted by Crippen LogP contribution is 2.13. The number of rotatable bonds is 3. The summed E-state index contributed by atoms with van der Waals surface area (Å²) in [5.74, 6) is 2.57. The summed E-state index contributed by atoms with van der Waals surface area (Å²) in [4.78, 5) is 12.9. The zero-order valence-corrected chi connectivity index (χ0v) is 10.4. The third-order valence-corrected chi connectivity index (χ3v) is 2.80. The smallest absolute Gasteiger partial charge is 0.254 e. The SMILES string of the molecule is CCCc1nccn1-c1cc(C)nc2ncnn12. The summed E-state index contributed by atoms with van der Waals surface area (Å²) in [6.45, 7) is 4.09. The van der Waals surface area contributed by atoms with Crippen molar-refractivity contribution in [1.82, 2.24) is 29.1 Å². The molecule has 0 bridgehead atoms. The van der Waals surface area contributed by atoms with Crippen molar-refractivity contribution < 1.29 is 0 Å². The lowest BCUT2D eigenvalue weighted by molar-refractivity contribution is 0.767. The average molecular weight is 242 g/mol. The molecule has 0 unspecified atom stereocenters. The molecule has 3 aromatic heterocycles. The molecule has 92 valence electrons. The predicted molar refractivity (Wildman–Crippen MR) is 66.6 cm³/mol. The molecule has 0 atom stereocenters. The van der Waals surface area contributed by atoms with Crippen molar-refractivity contribution in [2.24, 2.45) is 0 Å². The molecule has 0 aliphatic rings. The lowest BCUT2D eigenvalue weighted by Gasteiger charge is -2.09. The Morgan fingerprint density at radius 2 is 2.17 bits per heavy atom. The van der Waals surface area contributed by atoms with E-state index in [1.54, 1.807) is 4.52 Å². The van der Waals surface area contributed by atoms with Crippen LogP contribution in [0, 0.1) is 6.92 Å². The van der Waals surface area contributed by atoms with Crippen molar-refractivity contribution in [2.45, 2.75) is 26.7 Å². The van der Waals surface area contributed by atoms with Gasteiger partial charge in [-0.1, -0.05) is 6.92 Å². The molecule has 0 saturated carbocycles. The molecule has 3 rings (SSSR count). The summed E-state index contributed by atoms with van der Waals surface area (Å²) >= 11 is 0. The molecule has 0 N–H and O–H groups in total. The number of aromatic nitrogens is 6. The van der Waals surface area contributed by atoms with Gasteiger partial charge in [-0.25, -0.2) is 9.97 Å². The van der Waals surface area contributed by atoms with Gasteiger partial charge in [0.05, 0.1) is 0 Å². The first kappa shape index (κ1) is 10.9. The molecule has 0 spiro atoms. The first-order valence-corrected chi connectivity index (χ1v) is 5.99. The third kappa shape index (κ3) is 1.66. The van der Waals surface area contributed by atoms with Crippen LogP contribution < -0.4 is 0 Å². The normalized spacial score (nSPS) is 11.2. The maximum atomic E-state index is 4.38. The van der Waals surface area contributed by atoms with Crippen LogP contribution in [0.15, 0.2) is 24.8 Å². The number of hydrogen-bond donors (Lipinski definition) is 0. The Morgan fingerprint density at radius 1 is 1.28 bits per heavy atom. The largest absolute Gasteiger partial charge is 0.288 e. The van der Waals surface area contributed by atoms with Crippen LogP contribution in [0.3, 0.4) is 0 Å². The zero-order valence-electron chi connectivity index (χ0n) is 10.4. The quantitative estimate of drug-likeness (QED) is 0.699. The summed E-state index contributed by atoms with van der Waals surface area (Å²) in [6.07, 6.45) is 7.26. The van der Waals surface area contributed by atoms with E-state index >= 15 is 0 Å². The van der Waals surface area contributed by atoms with E-state index in [2.05, 4.69) is 27.0 Å². The van der Waals surface area contributed by atoms with E-state index in [1.807, 2.05) is 30.0 Å². The maximum Gasteiger partial charge on any atom is 0.254 e.